The van der Waals surface area contributed by atoms with E-state index >= 15 is 0 Å². The summed E-state index contributed by atoms with van der Waals surface area (Å²) in [6, 6.07) is 12.8. The lowest BCUT2D eigenvalue weighted by atomic mass is 10.1. The number of carbonyl (C=O) groups is 2. The highest BCUT2D eigenvalue weighted by atomic mass is 16.5. The number of nitrogens with one attached hydrogen (secondary N) is 2. The van der Waals surface area contributed by atoms with E-state index in [4.69, 9.17) is 14.2 Å². The molecule has 0 heterocycles. The first-order valence-electron chi connectivity index (χ1n) is 9.96. The standard InChI is InChI=1S/C23H30N2O5/c1-5-29-14-18-8-6-17(7-9-18)13-24-23(27)19-10-11-20(21(12-19)28-4)30-15-22(26)25-16(2)3/h6-12,16H,5,13-15H2,1-4H3,(H,24,27)(H,25,26). The smallest absolute Gasteiger partial charge is 0.258 e. The zero-order valence-electron chi connectivity index (χ0n) is 18.0. The van der Waals surface area contributed by atoms with Gasteiger partial charge in [-0.25, -0.2) is 0 Å². The molecule has 0 radical (unpaired) electrons. The Hall–Kier alpha value is -3.06. The molecule has 0 saturated heterocycles. The van der Waals surface area contributed by atoms with Crippen LogP contribution in [-0.4, -0.2) is 38.2 Å². The quantitative estimate of drug-likeness (QED) is 0.590. The van der Waals surface area contributed by atoms with Gasteiger partial charge in [0.2, 0.25) is 0 Å². The van der Waals surface area contributed by atoms with Crippen molar-refractivity contribution in [1.82, 2.24) is 10.6 Å². The summed E-state index contributed by atoms with van der Waals surface area (Å²) >= 11 is 0. The third kappa shape index (κ3) is 7.40. The minimum atomic E-state index is -0.226. The number of ether oxygens (including phenoxy) is 3. The zero-order chi connectivity index (χ0) is 21.9. The molecule has 2 amide bonds. The maximum absolute atomic E-state index is 12.5. The Bertz CT molecular complexity index is 834. The van der Waals surface area contributed by atoms with Crippen LogP contribution in [0.2, 0.25) is 0 Å². The molecule has 0 spiro atoms. The van der Waals surface area contributed by atoms with Crippen LogP contribution in [0.4, 0.5) is 0 Å². The molecule has 30 heavy (non-hydrogen) atoms. The molecule has 2 N–H and O–H groups in total. The van der Waals surface area contributed by atoms with Crippen molar-refractivity contribution < 1.29 is 23.8 Å². The summed E-state index contributed by atoms with van der Waals surface area (Å²) in [5, 5.41) is 5.64. The second-order valence-corrected chi connectivity index (χ2v) is 7.01. The topological polar surface area (TPSA) is 85.9 Å². The molecule has 0 aromatic heterocycles. The Balaban J connectivity index is 1.93. The highest BCUT2D eigenvalue weighted by Crippen LogP contribution is 2.28. The van der Waals surface area contributed by atoms with Gasteiger partial charge in [0.1, 0.15) is 0 Å². The first kappa shape index (κ1) is 23.2. The van der Waals surface area contributed by atoms with E-state index in [9.17, 15) is 9.59 Å². The molecule has 0 atom stereocenters. The van der Waals surface area contributed by atoms with Crippen LogP contribution in [0.1, 0.15) is 42.3 Å². The van der Waals surface area contributed by atoms with E-state index in [0.717, 1.165) is 11.1 Å². The Morgan fingerprint density at radius 3 is 2.33 bits per heavy atom. The van der Waals surface area contributed by atoms with Crippen LogP contribution in [0.5, 0.6) is 11.5 Å². The fourth-order valence-corrected chi connectivity index (χ4v) is 2.69. The molecule has 0 aliphatic heterocycles. The largest absolute Gasteiger partial charge is 0.493 e. The normalized spacial score (nSPS) is 10.6. The fraction of sp³-hybridized carbons (Fsp3) is 0.391. The summed E-state index contributed by atoms with van der Waals surface area (Å²) in [5.74, 6) is 0.343. The Kier molecular flexibility index (Phi) is 9.15. The lowest BCUT2D eigenvalue weighted by Crippen LogP contribution is -2.34. The maximum Gasteiger partial charge on any atom is 0.258 e. The van der Waals surface area contributed by atoms with Gasteiger partial charge < -0.3 is 24.8 Å². The van der Waals surface area contributed by atoms with Crippen molar-refractivity contribution >= 4 is 11.8 Å². The Labute approximate surface area is 177 Å². The highest BCUT2D eigenvalue weighted by Gasteiger charge is 2.13. The molecule has 2 aromatic carbocycles. The Morgan fingerprint density at radius 2 is 1.70 bits per heavy atom. The predicted octanol–water partition coefficient (Wildman–Crippen LogP) is 3.07. The van der Waals surface area contributed by atoms with Crippen LogP contribution in [0.25, 0.3) is 0 Å². The molecule has 7 heteroatoms. The van der Waals surface area contributed by atoms with Gasteiger partial charge >= 0.3 is 0 Å². The zero-order valence-corrected chi connectivity index (χ0v) is 18.0. The van der Waals surface area contributed by atoms with Crippen LogP contribution in [0, 0.1) is 0 Å². The van der Waals surface area contributed by atoms with Gasteiger partial charge in [0, 0.05) is 24.8 Å². The molecule has 0 aliphatic rings. The van der Waals surface area contributed by atoms with Crippen LogP contribution in [0.3, 0.4) is 0 Å². The first-order valence-corrected chi connectivity index (χ1v) is 9.96. The molecule has 0 bridgehead atoms. The van der Waals surface area contributed by atoms with E-state index in [1.54, 1.807) is 18.2 Å². The van der Waals surface area contributed by atoms with E-state index in [-0.39, 0.29) is 24.5 Å². The molecular weight excluding hydrogens is 384 g/mol. The molecule has 7 nitrogen and oxygen atoms in total. The highest BCUT2D eigenvalue weighted by molar-refractivity contribution is 5.94. The first-order chi connectivity index (χ1) is 14.4. The second kappa shape index (κ2) is 11.8. The van der Waals surface area contributed by atoms with Crippen molar-refractivity contribution in [3.8, 4) is 11.5 Å². The number of methoxy groups -OCH3 is 1. The number of benzene rings is 2. The summed E-state index contributed by atoms with van der Waals surface area (Å²) in [5.41, 5.74) is 2.53. The number of rotatable bonds is 11. The van der Waals surface area contributed by atoms with E-state index < -0.39 is 0 Å². The predicted molar refractivity (Wildman–Crippen MR) is 115 cm³/mol. The molecule has 0 unspecified atom stereocenters. The fourth-order valence-electron chi connectivity index (χ4n) is 2.69. The molecule has 0 aliphatic carbocycles. The van der Waals surface area contributed by atoms with Gasteiger partial charge in [-0.3, -0.25) is 9.59 Å². The van der Waals surface area contributed by atoms with Crippen LogP contribution < -0.4 is 20.1 Å². The SMILES string of the molecule is CCOCc1ccc(CNC(=O)c2ccc(OCC(=O)NC(C)C)c(OC)c2)cc1. The van der Waals surface area contributed by atoms with E-state index in [1.807, 2.05) is 45.0 Å². The van der Waals surface area contributed by atoms with Crippen LogP contribution in [-0.2, 0) is 22.7 Å². The molecular formula is C23H30N2O5. The van der Waals surface area contributed by atoms with Crippen molar-refractivity contribution in [3.63, 3.8) is 0 Å². The van der Waals surface area contributed by atoms with E-state index in [2.05, 4.69) is 10.6 Å². The van der Waals surface area contributed by atoms with Gasteiger partial charge in [-0.15, -0.1) is 0 Å². The third-order valence-electron chi connectivity index (χ3n) is 4.18. The summed E-state index contributed by atoms with van der Waals surface area (Å²) in [6.07, 6.45) is 0. The van der Waals surface area contributed by atoms with Gasteiger partial charge in [-0.05, 0) is 50.1 Å². The van der Waals surface area contributed by atoms with Crippen molar-refractivity contribution in [2.45, 2.75) is 40.0 Å². The Morgan fingerprint density at radius 1 is 1.00 bits per heavy atom. The van der Waals surface area contributed by atoms with Crippen molar-refractivity contribution in [3.05, 3.63) is 59.2 Å². The average Bonchev–Trinajstić information content (AvgIpc) is 2.74. The average molecular weight is 415 g/mol. The number of hydrogen-bond donors (Lipinski definition) is 2. The number of hydrogen-bond acceptors (Lipinski definition) is 5. The van der Waals surface area contributed by atoms with Gasteiger partial charge in [-0.1, -0.05) is 24.3 Å². The molecule has 2 aromatic rings. The number of amides is 2. The van der Waals surface area contributed by atoms with Gasteiger partial charge in [0.25, 0.3) is 11.8 Å². The van der Waals surface area contributed by atoms with Crippen molar-refractivity contribution in [2.75, 3.05) is 20.3 Å². The van der Waals surface area contributed by atoms with Crippen molar-refractivity contribution in [1.29, 1.82) is 0 Å². The van der Waals surface area contributed by atoms with Gasteiger partial charge in [0.15, 0.2) is 18.1 Å². The van der Waals surface area contributed by atoms with Gasteiger partial charge in [0.05, 0.1) is 13.7 Å². The summed E-state index contributed by atoms with van der Waals surface area (Å²) in [6.45, 7) is 7.25. The molecule has 162 valence electrons. The third-order valence-corrected chi connectivity index (χ3v) is 4.18. The second-order valence-electron chi connectivity index (χ2n) is 7.01. The lowest BCUT2D eigenvalue weighted by Gasteiger charge is -2.13. The van der Waals surface area contributed by atoms with E-state index in [0.29, 0.717) is 36.8 Å². The summed E-state index contributed by atoms with van der Waals surface area (Å²) in [4.78, 5) is 24.2. The van der Waals surface area contributed by atoms with Gasteiger partial charge in [-0.2, -0.15) is 0 Å². The maximum atomic E-state index is 12.5. The van der Waals surface area contributed by atoms with E-state index in [1.165, 1.54) is 7.11 Å². The molecule has 0 fully saturated rings. The summed E-state index contributed by atoms with van der Waals surface area (Å²) < 4.78 is 16.2. The van der Waals surface area contributed by atoms with Crippen LogP contribution in [0.15, 0.2) is 42.5 Å². The molecule has 2 rings (SSSR count). The number of carbonyl (C=O) groups excluding carboxylic acids is 2. The summed E-state index contributed by atoms with van der Waals surface area (Å²) in [7, 11) is 1.49. The molecule has 0 saturated carbocycles. The minimum Gasteiger partial charge on any atom is -0.493 e. The van der Waals surface area contributed by atoms with Crippen LogP contribution >= 0.6 is 0 Å². The minimum absolute atomic E-state index is 0.0370. The lowest BCUT2D eigenvalue weighted by molar-refractivity contribution is -0.123. The van der Waals surface area contributed by atoms with Crippen molar-refractivity contribution in [2.24, 2.45) is 0 Å². The monoisotopic (exact) mass is 414 g/mol.